The van der Waals surface area contributed by atoms with Gasteiger partial charge in [-0.2, -0.15) is 0 Å². The van der Waals surface area contributed by atoms with E-state index in [4.69, 9.17) is 10.9 Å². The molecule has 0 aliphatic rings. The fourth-order valence-electron chi connectivity index (χ4n) is 1.55. The molecule has 0 saturated carbocycles. The van der Waals surface area contributed by atoms with Crippen LogP contribution in [0.5, 0.6) is 0 Å². The van der Waals surface area contributed by atoms with Crippen molar-refractivity contribution in [2.24, 2.45) is 10.9 Å². The Hall–Kier alpha value is -2.15. The van der Waals surface area contributed by atoms with Crippen molar-refractivity contribution >= 4 is 11.7 Å². The van der Waals surface area contributed by atoms with E-state index in [1.807, 2.05) is 6.92 Å². The third kappa shape index (κ3) is 4.85. The quantitative estimate of drug-likeness (QED) is 0.254. The molecule has 0 saturated heterocycles. The Kier molecular flexibility index (Phi) is 6.45. The van der Waals surface area contributed by atoms with Crippen LogP contribution in [0, 0.1) is 5.82 Å². The van der Waals surface area contributed by atoms with Gasteiger partial charge in [-0.05, 0) is 12.5 Å². The number of hydrogen-bond donors (Lipinski definition) is 4. The molecule has 1 rings (SSSR count). The summed E-state index contributed by atoms with van der Waals surface area (Å²) in [4.78, 5) is 11.3. The average Bonchev–Trinajstić information content (AvgIpc) is 2.45. The van der Waals surface area contributed by atoms with E-state index in [-0.39, 0.29) is 24.8 Å². The molecule has 1 aromatic rings. The third-order valence-corrected chi connectivity index (χ3v) is 2.63. The molecule has 5 N–H and O–H groups in total. The van der Waals surface area contributed by atoms with Crippen molar-refractivity contribution in [2.75, 3.05) is 13.1 Å². The molecule has 0 heterocycles. The first-order valence-corrected chi connectivity index (χ1v) is 6.32. The Labute approximate surface area is 116 Å². The molecule has 20 heavy (non-hydrogen) atoms. The number of benzene rings is 1. The molecule has 0 unspecified atom stereocenters. The Morgan fingerprint density at radius 3 is 2.85 bits per heavy atom. The molecule has 0 aromatic heterocycles. The number of nitrogens with zero attached hydrogens (tertiary/aromatic N) is 1. The van der Waals surface area contributed by atoms with Gasteiger partial charge >= 0.3 is 0 Å². The lowest BCUT2D eigenvalue weighted by Crippen LogP contribution is -2.34. The second-order valence-corrected chi connectivity index (χ2v) is 4.24. The molecule has 110 valence electrons. The second kappa shape index (κ2) is 8.11. The molecular weight excluding hydrogens is 263 g/mol. The van der Waals surface area contributed by atoms with Gasteiger partial charge in [0.05, 0.1) is 6.54 Å². The molecule has 7 heteroatoms. The van der Waals surface area contributed by atoms with E-state index < -0.39 is 5.82 Å². The predicted octanol–water partition coefficient (Wildman–Crippen LogP) is 0.536. The van der Waals surface area contributed by atoms with E-state index in [9.17, 15) is 9.18 Å². The zero-order valence-corrected chi connectivity index (χ0v) is 11.3. The monoisotopic (exact) mass is 282 g/mol. The van der Waals surface area contributed by atoms with Crippen molar-refractivity contribution in [3.05, 3.63) is 35.1 Å². The molecule has 1 aromatic carbocycles. The van der Waals surface area contributed by atoms with Crippen molar-refractivity contribution in [1.82, 2.24) is 10.6 Å². The van der Waals surface area contributed by atoms with Crippen molar-refractivity contribution in [3.8, 4) is 0 Å². The summed E-state index contributed by atoms with van der Waals surface area (Å²) in [5.74, 6) is -0.751. The predicted molar refractivity (Wildman–Crippen MR) is 73.9 cm³/mol. The summed E-state index contributed by atoms with van der Waals surface area (Å²) >= 11 is 0. The highest BCUT2D eigenvalue weighted by Gasteiger charge is 2.07. The van der Waals surface area contributed by atoms with Gasteiger partial charge in [0.1, 0.15) is 5.82 Å². The molecule has 0 spiro atoms. The first-order chi connectivity index (χ1) is 9.58. The van der Waals surface area contributed by atoms with Gasteiger partial charge < -0.3 is 21.6 Å². The summed E-state index contributed by atoms with van der Waals surface area (Å²) in [5.41, 5.74) is 6.07. The van der Waals surface area contributed by atoms with Crippen LogP contribution in [-0.2, 0) is 11.3 Å². The zero-order chi connectivity index (χ0) is 15.0. The number of rotatable bonds is 7. The van der Waals surface area contributed by atoms with E-state index in [0.717, 1.165) is 6.42 Å². The molecule has 0 aliphatic carbocycles. The smallest absolute Gasteiger partial charge is 0.233 e. The maximum atomic E-state index is 13.7. The van der Waals surface area contributed by atoms with Crippen molar-refractivity contribution in [1.29, 1.82) is 0 Å². The molecular formula is C13H19FN4O2. The van der Waals surface area contributed by atoms with E-state index in [0.29, 0.717) is 17.7 Å². The lowest BCUT2D eigenvalue weighted by molar-refractivity contribution is -0.120. The Morgan fingerprint density at radius 2 is 2.25 bits per heavy atom. The number of carbonyl (C=O) groups is 1. The van der Waals surface area contributed by atoms with Gasteiger partial charge in [0.15, 0.2) is 5.84 Å². The number of halogens is 1. The second-order valence-electron chi connectivity index (χ2n) is 4.24. The van der Waals surface area contributed by atoms with Gasteiger partial charge in [-0.1, -0.05) is 24.2 Å². The normalized spacial score (nSPS) is 11.4. The van der Waals surface area contributed by atoms with Crippen LogP contribution in [0.4, 0.5) is 4.39 Å². The summed E-state index contributed by atoms with van der Waals surface area (Å²) < 4.78 is 13.7. The number of nitrogens with two attached hydrogens (primary N) is 1. The van der Waals surface area contributed by atoms with Crippen molar-refractivity contribution in [3.63, 3.8) is 0 Å². The third-order valence-electron chi connectivity index (χ3n) is 2.63. The van der Waals surface area contributed by atoms with Gasteiger partial charge in [0.2, 0.25) is 5.91 Å². The van der Waals surface area contributed by atoms with Crippen LogP contribution in [-0.4, -0.2) is 30.0 Å². The molecule has 0 bridgehead atoms. The largest absolute Gasteiger partial charge is 0.409 e. The molecule has 0 atom stereocenters. The number of oxime groups is 1. The standard InChI is InChI=1S/C13H19FN4O2/c1-2-5-17-12(19)8-16-7-10-4-3-9(6-11(10)14)13(15)18-20/h3-4,6,16,20H,2,5,7-8H2,1H3,(H2,15,18)(H,17,19). The zero-order valence-electron chi connectivity index (χ0n) is 11.3. The van der Waals surface area contributed by atoms with Crippen LogP contribution in [0.2, 0.25) is 0 Å². The maximum absolute atomic E-state index is 13.7. The van der Waals surface area contributed by atoms with Crippen LogP contribution < -0.4 is 16.4 Å². The fourth-order valence-corrected chi connectivity index (χ4v) is 1.55. The Bertz CT molecular complexity index is 491. The van der Waals surface area contributed by atoms with Gasteiger partial charge in [0.25, 0.3) is 0 Å². The van der Waals surface area contributed by atoms with Gasteiger partial charge in [-0.25, -0.2) is 4.39 Å². The summed E-state index contributed by atoms with van der Waals surface area (Å²) in [6, 6.07) is 4.26. The molecule has 0 fully saturated rings. The van der Waals surface area contributed by atoms with E-state index in [1.165, 1.54) is 12.1 Å². The molecule has 1 amide bonds. The number of hydrogen-bond acceptors (Lipinski definition) is 4. The number of amidine groups is 1. The van der Waals surface area contributed by atoms with Crippen molar-refractivity contribution in [2.45, 2.75) is 19.9 Å². The SMILES string of the molecule is CCCNC(=O)CNCc1ccc(C(N)=NO)cc1F. The molecule has 6 nitrogen and oxygen atoms in total. The van der Waals surface area contributed by atoms with Crippen LogP contribution in [0.25, 0.3) is 0 Å². The lowest BCUT2D eigenvalue weighted by Gasteiger charge is -2.08. The summed E-state index contributed by atoms with van der Waals surface area (Å²) in [6.45, 7) is 2.94. The van der Waals surface area contributed by atoms with Crippen LogP contribution in [0.1, 0.15) is 24.5 Å². The minimum Gasteiger partial charge on any atom is -0.409 e. The van der Waals surface area contributed by atoms with Crippen molar-refractivity contribution < 1.29 is 14.4 Å². The summed E-state index contributed by atoms with van der Waals surface area (Å²) in [5, 5.41) is 16.9. The highest BCUT2D eigenvalue weighted by atomic mass is 19.1. The minimum absolute atomic E-state index is 0.125. The summed E-state index contributed by atoms with van der Waals surface area (Å²) in [6.07, 6.45) is 0.871. The maximum Gasteiger partial charge on any atom is 0.233 e. The van der Waals surface area contributed by atoms with E-state index >= 15 is 0 Å². The van der Waals surface area contributed by atoms with E-state index in [1.54, 1.807) is 6.07 Å². The number of nitrogens with one attached hydrogen (secondary N) is 2. The van der Waals surface area contributed by atoms with Crippen LogP contribution in [0.15, 0.2) is 23.4 Å². The first kappa shape index (κ1) is 15.9. The Morgan fingerprint density at radius 1 is 1.50 bits per heavy atom. The number of amides is 1. The fraction of sp³-hybridized carbons (Fsp3) is 0.385. The highest BCUT2D eigenvalue weighted by Crippen LogP contribution is 2.10. The summed E-state index contributed by atoms with van der Waals surface area (Å²) in [7, 11) is 0. The van der Waals surface area contributed by atoms with Gasteiger partial charge in [-0.15, -0.1) is 0 Å². The van der Waals surface area contributed by atoms with Crippen LogP contribution >= 0.6 is 0 Å². The number of carbonyl (C=O) groups excluding carboxylic acids is 1. The first-order valence-electron chi connectivity index (χ1n) is 6.32. The van der Waals surface area contributed by atoms with E-state index in [2.05, 4.69) is 15.8 Å². The van der Waals surface area contributed by atoms with Gasteiger partial charge in [0, 0.05) is 24.2 Å². The van der Waals surface area contributed by atoms with Gasteiger partial charge in [-0.3, -0.25) is 4.79 Å². The van der Waals surface area contributed by atoms with Crippen LogP contribution in [0.3, 0.4) is 0 Å². The lowest BCUT2D eigenvalue weighted by atomic mass is 10.1. The Balaban J connectivity index is 2.51. The highest BCUT2D eigenvalue weighted by molar-refractivity contribution is 5.97. The molecule has 0 aliphatic heterocycles. The molecule has 0 radical (unpaired) electrons. The minimum atomic E-state index is -0.476. The topological polar surface area (TPSA) is 99.7 Å². The average molecular weight is 282 g/mol.